The van der Waals surface area contributed by atoms with Gasteiger partial charge < -0.3 is 4.42 Å². The highest BCUT2D eigenvalue weighted by Crippen LogP contribution is 2.30. The minimum absolute atomic E-state index is 0.396. The van der Waals surface area contributed by atoms with Gasteiger partial charge in [-0.25, -0.2) is 9.97 Å². The maximum atomic E-state index is 5.87. The Kier molecular flexibility index (Phi) is 3.50. The Hall–Kier alpha value is -1.44. The lowest BCUT2D eigenvalue weighted by atomic mass is 10.5. The monoisotopic (exact) mass is 310 g/mol. The molecule has 3 heterocycles. The highest BCUT2D eigenvalue weighted by Gasteiger charge is 2.12. The lowest BCUT2D eigenvalue weighted by molar-refractivity contribution is 0.466. The number of thiophene rings is 1. The van der Waals surface area contributed by atoms with Crippen LogP contribution in [0.1, 0.15) is 5.82 Å². The van der Waals surface area contributed by atoms with Crippen LogP contribution in [0.15, 0.2) is 38.2 Å². The summed E-state index contributed by atoms with van der Waals surface area (Å²) in [4.78, 5) is 9.18. The summed E-state index contributed by atoms with van der Waals surface area (Å²) in [5.74, 6) is 1.11. The highest BCUT2D eigenvalue weighted by molar-refractivity contribution is 7.99. The molecule has 0 bridgehead atoms. The normalized spacial score (nSPS) is 10.8. The Morgan fingerprint density at radius 2 is 2.21 bits per heavy atom. The van der Waals surface area contributed by atoms with Crippen LogP contribution in [0.4, 0.5) is 0 Å². The first-order valence-corrected chi connectivity index (χ1v) is 7.34. The molecular formula is C11H7ClN4OS2. The molecular weight excluding hydrogens is 304 g/mol. The summed E-state index contributed by atoms with van der Waals surface area (Å²) in [6.45, 7) is 1.78. The van der Waals surface area contributed by atoms with E-state index < -0.39 is 0 Å². The van der Waals surface area contributed by atoms with E-state index in [1.807, 2.05) is 17.5 Å². The number of halogens is 1. The zero-order valence-corrected chi connectivity index (χ0v) is 12.1. The van der Waals surface area contributed by atoms with Gasteiger partial charge in [0, 0.05) is 6.07 Å². The Bertz CT molecular complexity index is 678. The molecule has 5 nitrogen and oxygen atoms in total. The number of hydrogen-bond acceptors (Lipinski definition) is 7. The van der Waals surface area contributed by atoms with E-state index >= 15 is 0 Å². The molecule has 19 heavy (non-hydrogen) atoms. The topological polar surface area (TPSA) is 64.7 Å². The van der Waals surface area contributed by atoms with Crippen molar-refractivity contribution in [3.63, 3.8) is 0 Å². The molecule has 0 unspecified atom stereocenters. The Morgan fingerprint density at radius 1 is 1.32 bits per heavy atom. The predicted octanol–water partition coefficient (Wildman–Crippen LogP) is 3.70. The minimum atomic E-state index is 0.396. The molecule has 0 atom stereocenters. The standard InChI is InChI=1S/C11H7ClN4OS2/c1-6-13-8(12)5-9(14-6)19-11-16-15-10(17-11)7-3-2-4-18-7/h2-5H,1H3. The second-order valence-corrected chi connectivity index (χ2v) is 5.84. The van der Waals surface area contributed by atoms with E-state index in [1.165, 1.54) is 11.8 Å². The third kappa shape index (κ3) is 2.94. The first-order valence-electron chi connectivity index (χ1n) is 5.27. The van der Waals surface area contributed by atoms with Gasteiger partial charge in [-0.2, -0.15) is 0 Å². The van der Waals surface area contributed by atoms with E-state index in [2.05, 4.69) is 20.2 Å². The Balaban J connectivity index is 1.84. The second kappa shape index (κ2) is 5.28. The summed E-state index contributed by atoms with van der Waals surface area (Å²) in [7, 11) is 0. The summed E-state index contributed by atoms with van der Waals surface area (Å²) < 4.78 is 5.56. The van der Waals surface area contributed by atoms with Crippen LogP contribution in [0.3, 0.4) is 0 Å². The molecule has 0 saturated carbocycles. The van der Waals surface area contributed by atoms with Crippen LogP contribution >= 0.6 is 34.7 Å². The van der Waals surface area contributed by atoms with Gasteiger partial charge in [0.2, 0.25) is 0 Å². The van der Waals surface area contributed by atoms with Crippen molar-refractivity contribution in [3.05, 3.63) is 34.6 Å². The van der Waals surface area contributed by atoms with Crippen LogP contribution in [-0.4, -0.2) is 20.2 Å². The first kappa shape index (κ1) is 12.6. The molecule has 0 aliphatic carbocycles. The van der Waals surface area contributed by atoms with E-state index in [9.17, 15) is 0 Å². The smallest absolute Gasteiger partial charge is 0.283 e. The number of rotatable bonds is 3. The van der Waals surface area contributed by atoms with Gasteiger partial charge in [0.05, 0.1) is 4.88 Å². The van der Waals surface area contributed by atoms with Crippen LogP contribution in [0.2, 0.25) is 5.15 Å². The molecule has 0 aromatic carbocycles. The molecule has 0 N–H and O–H groups in total. The summed E-state index contributed by atoms with van der Waals surface area (Å²) in [5.41, 5.74) is 0. The maximum Gasteiger partial charge on any atom is 0.283 e. The summed E-state index contributed by atoms with van der Waals surface area (Å²) >= 11 is 8.68. The third-order valence-electron chi connectivity index (χ3n) is 2.11. The summed E-state index contributed by atoms with van der Waals surface area (Å²) in [6.07, 6.45) is 0. The largest absolute Gasteiger partial charge is 0.410 e. The van der Waals surface area contributed by atoms with Crippen LogP contribution in [-0.2, 0) is 0 Å². The van der Waals surface area contributed by atoms with Gasteiger partial charge in [-0.1, -0.05) is 17.7 Å². The molecule has 3 aromatic heterocycles. The van der Waals surface area contributed by atoms with Crippen molar-refractivity contribution < 1.29 is 4.42 Å². The van der Waals surface area contributed by atoms with Crippen LogP contribution < -0.4 is 0 Å². The Labute approximate surface area is 122 Å². The number of aryl methyl sites for hydroxylation is 1. The predicted molar refractivity (Wildman–Crippen MR) is 73.5 cm³/mol. The van der Waals surface area contributed by atoms with Crippen LogP contribution in [0, 0.1) is 6.92 Å². The van der Waals surface area contributed by atoms with Crippen LogP contribution in [0.25, 0.3) is 10.8 Å². The zero-order chi connectivity index (χ0) is 13.2. The molecule has 0 radical (unpaired) electrons. The van der Waals surface area contributed by atoms with Crippen molar-refractivity contribution in [3.8, 4) is 10.8 Å². The van der Waals surface area contributed by atoms with Crippen molar-refractivity contribution >= 4 is 34.7 Å². The third-order valence-corrected chi connectivity index (χ3v) is 3.92. The average Bonchev–Trinajstić information content (AvgIpc) is 2.96. The molecule has 0 saturated heterocycles. The van der Waals surface area contributed by atoms with Gasteiger partial charge in [0.15, 0.2) is 0 Å². The van der Waals surface area contributed by atoms with Gasteiger partial charge in [-0.15, -0.1) is 21.5 Å². The van der Waals surface area contributed by atoms with Gasteiger partial charge in [0.25, 0.3) is 11.1 Å². The van der Waals surface area contributed by atoms with E-state index in [1.54, 1.807) is 24.3 Å². The highest BCUT2D eigenvalue weighted by atomic mass is 35.5. The van der Waals surface area contributed by atoms with E-state index in [-0.39, 0.29) is 0 Å². The molecule has 0 aliphatic rings. The maximum absolute atomic E-state index is 5.87. The average molecular weight is 311 g/mol. The number of hydrogen-bond donors (Lipinski definition) is 0. The summed E-state index contributed by atoms with van der Waals surface area (Å²) in [6, 6.07) is 5.52. The molecule has 8 heteroatoms. The number of aromatic nitrogens is 4. The lowest BCUT2D eigenvalue weighted by Gasteiger charge is -1.98. The first-order chi connectivity index (χ1) is 9.20. The van der Waals surface area contributed by atoms with Crippen molar-refractivity contribution in [1.29, 1.82) is 0 Å². The van der Waals surface area contributed by atoms with Crippen molar-refractivity contribution in [2.45, 2.75) is 17.2 Å². The Morgan fingerprint density at radius 3 is 2.95 bits per heavy atom. The van der Waals surface area contributed by atoms with Crippen LogP contribution in [0.5, 0.6) is 0 Å². The molecule has 0 aliphatic heterocycles. The van der Waals surface area contributed by atoms with Gasteiger partial charge in [-0.05, 0) is 30.1 Å². The SMILES string of the molecule is Cc1nc(Cl)cc(Sc2nnc(-c3cccs3)o2)n1. The van der Waals surface area contributed by atoms with Crippen molar-refractivity contribution in [2.75, 3.05) is 0 Å². The molecule has 96 valence electrons. The zero-order valence-electron chi connectivity index (χ0n) is 9.70. The summed E-state index contributed by atoms with van der Waals surface area (Å²) in [5, 5.41) is 11.4. The minimum Gasteiger partial charge on any atom is -0.410 e. The second-order valence-electron chi connectivity index (χ2n) is 3.53. The van der Waals surface area contributed by atoms with Crippen molar-refractivity contribution in [1.82, 2.24) is 20.2 Å². The fourth-order valence-electron chi connectivity index (χ4n) is 1.40. The lowest BCUT2D eigenvalue weighted by Crippen LogP contribution is -1.89. The van der Waals surface area contributed by atoms with E-state index in [0.717, 1.165) is 4.88 Å². The molecule has 3 aromatic rings. The molecule has 0 spiro atoms. The fourth-order valence-corrected chi connectivity index (χ4v) is 3.06. The van der Waals surface area contributed by atoms with E-state index in [4.69, 9.17) is 16.0 Å². The quantitative estimate of drug-likeness (QED) is 0.687. The molecule has 0 fully saturated rings. The van der Waals surface area contributed by atoms with E-state index in [0.29, 0.717) is 27.1 Å². The van der Waals surface area contributed by atoms with Gasteiger partial charge >= 0.3 is 0 Å². The fraction of sp³-hybridized carbons (Fsp3) is 0.0909. The molecule has 0 amide bonds. The van der Waals surface area contributed by atoms with Crippen molar-refractivity contribution in [2.24, 2.45) is 0 Å². The van der Waals surface area contributed by atoms with Gasteiger partial charge in [0.1, 0.15) is 16.0 Å². The number of nitrogens with zero attached hydrogens (tertiary/aromatic N) is 4. The molecule has 3 rings (SSSR count). The van der Waals surface area contributed by atoms with Gasteiger partial charge in [-0.3, -0.25) is 0 Å².